The van der Waals surface area contributed by atoms with Gasteiger partial charge in [-0.25, -0.2) is 4.39 Å². The average Bonchev–Trinajstić information content (AvgIpc) is 3.14. The lowest BCUT2D eigenvalue weighted by molar-refractivity contribution is 0.0756. The molecule has 0 saturated carbocycles. The number of rotatable bonds is 3. The first-order chi connectivity index (χ1) is 12.6. The maximum atomic E-state index is 13.4. The van der Waals surface area contributed by atoms with Gasteiger partial charge in [-0.3, -0.25) is 14.4 Å². The Bertz CT molecular complexity index is 931. The fraction of sp³-hybridized carbons (Fsp3) is 0.368. The molecule has 26 heavy (non-hydrogen) atoms. The second-order valence-electron chi connectivity index (χ2n) is 6.86. The molecule has 2 aromatic heterocycles. The van der Waals surface area contributed by atoms with Crippen LogP contribution in [0, 0.1) is 5.82 Å². The third-order valence-corrected chi connectivity index (χ3v) is 4.85. The average molecular weight is 355 g/mol. The van der Waals surface area contributed by atoms with Crippen molar-refractivity contribution in [2.45, 2.75) is 13.0 Å². The van der Waals surface area contributed by atoms with Gasteiger partial charge in [0.15, 0.2) is 0 Å². The Morgan fingerprint density at radius 3 is 2.92 bits per heavy atom. The first-order valence-electron chi connectivity index (χ1n) is 8.86. The summed E-state index contributed by atoms with van der Waals surface area (Å²) in [4.78, 5) is 20.2. The van der Waals surface area contributed by atoms with E-state index in [9.17, 15) is 9.18 Å². The molecular weight excluding hydrogens is 333 g/mol. The molecule has 1 fully saturated rings. The Balaban J connectivity index is 1.43. The van der Waals surface area contributed by atoms with Gasteiger partial charge in [0.25, 0.3) is 5.91 Å². The highest BCUT2D eigenvalue weighted by Gasteiger charge is 2.22. The SMILES string of the molecule is Cn1cc(CN2CCCN(C(=O)c3cc4cc(F)ccc4[nH]3)CC2)cn1. The van der Waals surface area contributed by atoms with Gasteiger partial charge in [0.1, 0.15) is 11.5 Å². The molecule has 3 heterocycles. The number of carbonyl (C=O) groups is 1. The second kappa shape index (κ2) is 6.92. The summed E-state index contributed by atoms with van der Waals surface area (Å²) in [7, 11) is 1.92. The number of fused-ring (bicyclic) bond motifs is 1. The van der Waals surface area contributed by atoms with Crippen LogP contribution in [0.5, 0.6) is 0 Å². The zero-order valence-corrected chi connectivity index (χ0v) is 14.8. The van der Waals surface area contributed by atoms with E-state index in [1.165, 1.54) is 17.7 Å². The molecule has 4 rings (SSSR count). The van der Waals surface area contributed by atoms with Crippen LogP contribution in [0.1, 0.15) is 22.5 Å². The number of aromatic amines is 1. The number of hydrogen-bond acceptors (Lipinski definition) is 3. The van der Waals surface area contributed by atoms with Gasteiger partial charge in [-0.15, -0.1) is 0 Å². The third-order valence-electron chi connectivity index (χ3n) is 4.85. The van der Waals surface area contributed by atoms with Gasteiger partial charge in [-0.1, -0.05) is 0 Å². The minimum Gasteiger partial charge on any atom is -0.351 e. The number of benzene rings is 1. The summed E-state index contributed by atoms with van der Waals surface area (Å²) in [5, 5.41) is 4.93. The van der Waals surface area contributed by atoms with Crippen LogP contribution in [0.15, 0.2) is 36.7 Å². The predicted octanol–water partition coefficient (Wildman–Crippen LogP) is 2.39. The Hall–Kier alpha value is -2.67. The third kappa shape index (κ3) is 3.48. The van der Waals surface area contributed by atoms with E-state index < -0.39 is 0 Å². The molecule has 0 atom stereocenters. The van der Waals surface area contributed by atoms with Crippen LogP contribution >= 0.6 is 0 Å². The summed E-state index contributed by atoms with van der Waals surface area (Å²) < 4.78 is 15.2. The first kappa shape index (κ1) is 16.8. The van der Waals surface area contributed by atoms with Gasteiger partial charge in [0, 0.05) is 62.4 Å². The first-order valence-corrected chi connectivity index (χ1v) is 8.86. The number of H-pyrrole nitrogens is 1. The normalized spacial score (nSPS) is 16.2. The van der Waals surface area contributed by atoms with Gasteiger partial charge >= 0.3 is 0 Å². The number of nitrogens with one attached hydrogen (secondary N) is 1. The maximum absolute atomic E-state index is 13.4. The molecule has 6 nitrogen and oxygen atoms in total. The molecule has 0 radical (unpaired) electrons. The van der Waals surface area contributed by atoms with Crippen LogP contribution in [-0.4, -0.2) is 56.7 Å². The summed E-state index contributed by atoms with van der Waals surface area (Å²) in [6.45, 7) is 4.04. The minimum atomic E-state index is -0.295. The zero-order chi connectivity index (χ0) is 18.1. The Morgan fingerprint density at radius 1 is 1.23 bits per heavy atom. The number of amides is 1. The van der Waals surface area contributed by atoms with E-state index >= 15 is 0 Å². The van der Waals surface area contributed by atoms with Crippen molar-refractivity contribution in [2.75, 3.05) is 26.2 Å². The van der Waals surface area contributed by atoms with Crippen LogP contribution < -0.4 is 0 Å². The number of nitrogens with zero attached hydrogens (tertiary/aromatic N) is 4. The van der Waals surface area contributed by atoms with Crippen LogP contribution in [0.2, 0.25) is 0 Å². The van der Waals surface area contributed by atoms with E-state index in [0.29, 0.717) is 12.2 Å². The molecule has 1 aliphatic heterocycles. The molecule has 7 heteroatoms. The highest BCUT2D eigenvalue weighted by molar-refractivity contribution is 5.98. The highest BCUT2D eigenvalue weighted by Crippen LogP contribution is 2.18. The topological polar surface area (TPSA) is 57.2 Å². The van der Waals surface area contributed by atoms with Crippen LogP contribution in [0.25, 0.3) is 10.9 Å². The number of aryl methyl sites for hydroxylation is 1. The van der Waals surface area contributed by atoms with Gasteiger partial charge < -0.3 is 9.88 Å². The lowest BCUT2D eigenvalue weighted by Crippen LogP contribution is -2.35. The molecule has 1 aromatic carbocycles. The molecule has 3 aromatic rings. The van der Waals surface area contributed by atoms with E-state index in [0.717, 1.165) is 43.5 Å². The predicted molar refractivity (Wildman–Crippen MR) is 97.3 cm³/mol. The van der Waals surface area contributed by atoms with E-state index in [1.54, 1.807) is 12.1 Å². The van der Waals surface area contributed by atoms with E-state index in [2.05, 4.69) is 15.0 Å². The van der Waals surface area contributed by atoms with Gasteiger partial charge in [0.2, 0.25) is 0 Å². The molecule has 1 aliphatic rings. The number of halogens is 1. The molecule has 1 N–H and O–H groups in total. The smallest absolute Gasteiger partial charge is 0.270 e. The summed E-state index contributed by atoms with van der Waals surface area (Å²) in [6, 6.07) is 6.24. The van der Waals surface area contributed by atoms with E-state index in [1.807, 2.05) is 29.0 Å². The molecule has 1 saturated heterocycles. The lowest BCUT2D eigenvalue weighted by atomic mass is 10.2. The summed E-state index contributed by atoms with van der Waals surface area (Å²) >= 11 is 0. The van der Waals surface area contributed by atoms with E-state index in [4.69, 9.17) is 0 Å². The summed E-state index contributed by atoms with van der Waals surface area (Å²) in [5.41, 5.74) is 2.49. The summed E-state index contributed by atoms with van der Waals surface area (Å²) in [5.74, 6) is -0.318. The van der Waals surface area contributed by atoms with Crippen LogP contribution in [-0.2, 0) is 13.6 Å². The van der Waals surface area contributed by atoms with Crippen molar-refractivity contribution in [1.29, 1.82) is 0 Å². The van der Waals surface area contributed by atoms with Crippen molar-refractivity contribution >= 4 is 16.8 Å². The van der Waals surface area contributed by atoms with Gasteiger partial charge in [0.05, 0.1) is 6.20 Å². The van der Waals surface area contributed by atoms with Crippen molar-refractivity contribution in [3.8, 4) is 0 Å². The van der Waals surface area contributed by atoms with E-state index in [-0.39, 0.29) is 11.7 Å². The van der Waals surface area contributed by atoms with Crippen molar-refractivity contribution < 1.29 is 9.18 Å². The molecule has 0 aliphatic carbocycles. The van der Waals surface area contributed by atoms with Crippen LogP contribution in [0.4, 0.5) is 4.39 Å². The molecule has 1 amide bonds. The fourth-order valence-corrected chi connectivity index (χ4v) is 3.53. The standard InChI is InChI=1S/C19H22FN5O/c1-23-12-14(11-21-23)13-24-5-2-6-25(8-7-24)19(26)18-10-15-9-16(20)3-4-17(15)22-18/h3-4,9-12,22H,2,5-8,13H2,1H3. The zero-order valence-electron chi connectivity index (χ0n) is 14.8. The minimum absolute atomic E-state index is 0.0233. The lowest BCUT2D eigenvalue weighted by Gasteiger charge is -2.21. The van der Waals surface area contributed by atoms with Gasteiger partial charge in [-0.2, -0.15) is 5.10 Å². The fourth-order valence-electron chi connectivity index (χ4n) is 3.53. The largest absolute Gasteiger partial charge is 0.351 e. The second-order valence-corrected chi connectivity index (χ2v) is 6.86. The van der Waals surface area contributed by atoms with Crippen molar-refractivity contribution in [3.63, 3.8) is 0 Å². The number of aromatic nitrogens is 3. The monoisotopic (exact) mass is 355 g/mol. The molecule has 0 bridgehead atoms. The maximum Gasteiger partial charge on any atom is 0.270 e. The van der Waals surface area contributed by atoms with Crippen LogP contribution in [0.3, 0.4) is 0 Å². The van der Waals surface area contributed by atoms with Crippen molar-refractivity contribution in [2.24, 2.45) is 7.05 Å². The highest BCUT2D eigenvalue weighted by atomic mass is 19.1. The van der Waals surface area contributed by atoms with Crippen molar-refractivity contribution in [3.05, 3.63) is 53.7 Å². The molecule has 0 spiro atoms. The van der Waals surface area contributed by atoms with Crippen molar-refractivity contribution in [1.82, 2.24) is 24.6 Å². The number of carbonyl (C=O) groups excluding carboxylic acids is 1. The summed E-state index contributed by atoms with van der Waals surface area (Å²) in [6.07, 6.45) is 4.84. The molecular formula is C19H22FN5O. The Labute approximate surface area is 151 Å². The Kier molecular flexibility index (Phi) is 4.46. The quantitative estimate of drug-likeness (QED) is 0.785. The molecule has 0 unspecified atom stereocenters. The van der Waals surface area contributed by atoms with Gasteiger partial charge in [-0.05, 0) is 30.7 Å². The molecule has 136 valence electrons. The Morgan fingerprint density at radius 2 is 2.12 bits per heavy atom. The number of hydrogen-bond donors (Lipinski definition) is 1.